The molecule has 1 fully saturated rings. The second-order valence-electron chi connectivity index (χ2n) is 6.27. The van der Waals surface area contributed by atoms with Gasteiger partial charge in [0.05, 0.1) is 19.1 Å². The summed E-state index contributed by atoms with van der Waals surface area (Å²) in [7, 11) is 3.01. The van der Waals surface area contributed by atoms with E-state index in [1.807, 2.05) is 19.1 Å². The monoisotopic (exact) mass is 353 g/mol. The molecule has 0 heterocycles. The van der Waals surface area contributed by atoms with Crippen LogP contribution in [0.4, 0.5) is 0 Å². The second-order valence-corrected chi connectivity index (χ2v) is 6.71. The molecule has 1 aliphatic rings. The molecule has 0 aliphatic heterocycles. The Bertz CT molecular complexity index is 579. The van der Waals surface area contributed by atoms with Gasteiger partial charge in [-0.05, 0) is 50.3 Å². The summed E-state index contributed by atoms with van der Waals surface area (Å²) in [5, 5.41) is 3.56. The van der Waals surface area contributed by atoms with Crippen molar-refractivity contribution in [2.24, 2.45) is 0 Å². The molecule has 1 N–H and O–H groups in total. The summed E-state index contributed by atoms with van der Waals surface area (Å²) in [6.07, 6.45) is 2.56. The first kappa shape index (κ1) is 18.7. The van der Waals surface area contributed by atoms with Crippen molar-refractivity contribution >= 4 is 23.5 Å². The number of nitrogens with one attached hydrogen (secondary N) is 1. The Hall–Kier alpha value is -1.59. The Morgan fingerprint density at radius 2 is 1.79 bits per heavy atom. The summed E-state index contributed by atoms with van der Waals surface area (Å²) in [6, 6.07) is 7.14. The maximum atomic E-state index is 12.7. The van der Waals surface area contributed by atoms with Gasteiger partial charge in [-0.1, -0.05) is 23.7 Å². The van der Waals surface area contributed by atoms with Crippen LogP contribution < -0.4 is 5.32 Å². The fourth-order valence-electron chi connectivity index (χ4n) is 3.14. The Kier molecular flexibility index (Phi) is 6.24. The third-order valence-corrected chi connectivity index (χ3v) is 5.07. The van der Waals surface area contributed by atoms with Crippen LogP contribution in [-0.4, -0.2) is 37.7 Å². The highest BCUT2D eigenvalue weighted by Gasteiger charge is 2.44. The molecule has 6 heteroatoms. The van der Waals surface area contributed by atoms with Crippen molar-refractivity contribution in [2.45, 2.75) is 50.2 Å². The van der Waals surface area contributed by atoms with Gasteiger partial charge in [-0.15, -0.1) is 0 Å². The molecule has 0 bridgehead atoms. The molecule has 0 radical (unpaired) electrons. The quantitative estimate of drug-likeness (QED) is 0.826. The van der Waals surface area contributed by atoms with Crippen LogP contribution in [0.5, 0.6) is 0 Å². The molecule has 5 nitrogen and oxygen atoms in total. The lowest BCUT2D eigenvalue weighted by Gasteiger charge is -2.38. The van der Waals surface area contributed by atoms with Crippen molar-refractivity contribution in [1.82, 2.24) is 5.32 Å². The van der Waals surface area contributed by atoms with Gasteiger partial charge in [0.1, 0.15) is 5.54 Å². The lowest BCUT2D eigenvalue weighted by atomic mass is 9.79. The molecule has 132 valence electrons. The number of amides is 1. The summed E-state index contributed by atoms with van der Waals surface area (Å²) >= 11 is 5.89. The Morgan fingerprint density at radius 3 is 2.29 bits per heavy atom. The fraction of sp³-hybridized carbons (Fsp3) is 0.556. The minimum Gasteiger partial charge on any atom is -0.467 e. The number of hydrogen-bond acceptors (Lipinski definition) is 4. The Labute approximate surface area is 147 Å². The van der Waals surface area contributed by atoms with Gasteiger partial charge in [0.15, 0.2) is 0 Å². The molecule has 1 aromatic rings. The van der Waals surface area contributed by atoms with Crippen LogP contribution in [0.3, 0.4) is 0 Å². The minimum atomic E-state index is -0.971. The number of halogens is 1. The second kappa shape index (κ2) is 7.99. The van der Waals surface area contributed by atoms with Gasteiger partial charge in [0, 0.05) is 12.1 Å². The standard InChI is InChI=1S/C18H24ClNO4/c1-12(13-4-6-14(19)7-5-13)16(21)20-18(17(22)24-3)10-8-15(23-2)9-11-18/h4-7,12,15H,8-11H2,1-3H3,(H,20,21). The van der Waals surface area contributed by atoms with Crippen molar-refractivity contribution in [2.75, 3.05) is 14.2 Å². The third kappa shape index (κ3) is 4.08. The molecule has 0 saturated heterocycles. The summed E-state index contributed by atoms with van der Waals surface area (Å²) in [4.78, 5) is 25.0. The number of methoxy groups -OCH3 is 2. The number of ether oxygens (including phenoxy) is 2. The number of carbonyl (C=O) groups is 2. The number of benzene rings is 1. The first-order valence-electron chi connectivity index (χ1n) is 8.10. The number of carbonyl (C=O) groups excluding carboxylic acids is 2. The molecule has 1 amide bonds. The largest absolute Gasteiger partial charge is 0.467 e. The summed E-state index contributed by atoms with van der Waals surface area (Å²) in [5.41, 5.74) is -0.121. The lowest BCUT2D eigenvalue weighted by Crippen LogP contribution is -2.58. The van der Waals surface area contributed by atoms with E-state index >= 15 is 0 Å². The SMILES string of the molecule is COC(=O)C1(NC(=O)C(C)c2ccc(Cl)cc2)CCC(OC)CC1. The smallest absolute Gasteiger partial charge is 0.331 e. The van der Waals surface area contributed by atoms with Crippen LogP contribution in [0.25, 0.3) is 0 Å². The van der Waals surface area contributed by atoms with E-state index in [9.17, 15) is 9.59 Å². The van der Waals surface area contributed by atoms with Crippen molar-refractivity contribution in [3.05, 3.63) is 34.9 Å². The molecule has 0 aromatic heterocycles. The molecule has 0 spiro atoms. The molecule has 1 unspecified atom stereocenters. The zero-order chi connectivity index (χ0) is 17.7. The Morgan fingerprint density at radius 1 is 1.21 bits per heavy atom. The number of esters is 1. The first-order valence-corrected chi connectivity index (χ1v) is 8.48. The van der Waals surface area contributed by atoms with Crippen LogP contribution in [0.1, 0.15) is 44.1 Å². The molecule has 2 rings (SSSR count). The molecule has 1 saturated carbocycles. The normalized spacial score (nSPS) is 24.9. The number of rotatable bonds is 5. The zero-order valence-corrected chi connectivity index (χ0v) is 15.1. The summed E-state index contributed by atoms with van der Waals surface area (Å²) in [5.74, 6) is -0.976. The van der Waals surface area contributed by atoms with E-state index < -0.39 is 11.5 Å². The predicted octanol–water partition coefficient (Wildman–Crippen LogP) is 3.06. The molecular formula is C18H24ClNO4. The number of hydrogen-bond donors (Lipinski definition) is 1. The van der Waals surface area contributed by atoms with E-state index in [4.69, 9.17) is 21.1 Å². The molecule has 1 atom stereocenters. The van der Waals surface area contributed by atoms with Crippen LogP contribution in [-0.2, 0) is 19.1 Å². The van der Waals surface area contributed by atoms with Gasteiger partial charge in [0.25, 0.3) is 0 Å². The maximum Gasteiger partial charge on any atom is 0.331 e. The first-order chi connectivity index (χ1) is 11.4. The van der Waals surface area contributed by atoms with E-state index in [1.165, 1.54) is 7.11 Å². The lowest BCUT2D eigenvalue weighted by molar-refractivity contribution is -0.154. The van der Waals surface area contributed by atoms with Gasteiger partial charge >= 0.3 is 5.97 Å². The van der Waals surface area contributed by atoms with Crippen LogP contribution in [0.2, 0.25) is 5.02 Å². The van der Waals surface area contributed by atoms with Crippen molar-refractivity contribution < 1.29 is 19.1 Å². The highest BCUT2D eigenvalue weighted by Crippen LogP contribution is 2.32. The molecular weight excluding hydrogens is 330 g/mol. The van der Waals surface area contributed by atoms with E-state index in [0.29, 0.717) is 30.7 Å². The highest BCUT2D eigenvalue weighted by atomic mass is 35.5. The van der Waals surface area contributed by atoms with Gasteiger partial charge < -0.3 is 14.8 Å². The topological polar surface area (TPSA) is 64.6 Å². The van der Waals surface area contributed by atoms with Crippen LogP contribution in [0, 0.1) is 0 Å². The minimum absolute atomic E-state index is 0.119. The predicted molar refractivity (Wildman–Crippen MR) is 92.0 cm³/mol. The van der Waals surface area contributed by atoms with Crippen molar-refractivity contribution in [1.29, 1.82) is 0 Å². The fourth-order valence-corrected chi connectivity index (χ4v) is 3.27. The van der Waals surface area contributed by atoms with Gasteiger partial charge in [-0.2, -0.15) is 0 Å². The van der Waals surface area contributed by atoms with Gasteiger partial charge in [0.2, 0.25) is 5.91 Å². The summed E-state index contributed by atoms with van der Waals surface area (Å²) < 4.78 is 10.3. The zero-order valence-electron chi connectivity index (χ0n) is 14.3. The average Bonchev–Trinajstić information content (AvgIpc) is 2.61. The van der Waals surface area contributed by atoms with Crippen LogP contribution >= 0.6 is 11.6 Å². The van der Waals surface area contributed by atoms with E-state index in [2.05, 4.69) is 5.32 Å². The molecule has 1 aliphatic carbocycles. The van der Waals surface area contributed by atoms with Gasteiger partial charge in [-0.3, -0.25) is 4.79 Å². The van der Waals surface area contributed by atoms with Crippen molar-refractivity contribution in [3.63, 3.8) is 0 Å². The van der Waals surface area contributed by atoms with E-state index in [0.717, 1.165) is 5.56 Å². The molecule has 1 aromatic carbocycles. The van der Waals surface area contributed by atoms with Crippen LogP contribution in [0.15, 0.2) is 24.3 Å². The highest BCUT2D eigenvalue weighted by molar-refractivity contribution is 6.30. The maximum absolute atomic E-state index is 12.7. The summed E-state index contributed by atoms with van der Waals surface area (Å²) in [6.45, 7) is 1.81. The molecule has 24 heavy (non-hydrogen) atoms. The van der Waals surface area contributed by atoms with Crippen molar-refractivity contribution in [3.8, 4) is 0 Å². The van der Waals surface area contributed by atoms with E-state index in [1.54, 1.807) is 19.2 Å². The van der Waals surface area contributed by atoms with E-state index in [-0.39, 0.29) is 17.9 Å². The third-order valence-electron chi connectivity index (χ3n) is 4.82. The average molecular weight is 354 g/mol. The van der Waals surface area contributed by atoms with Gasteiger partial charge in [-0.25, -0.2) is 4.79 Å². The Balaban J connectivity index is 2.13.